The SMILES string of the molecule is CCc1nc2ccc(OC)cc2c(NC)c1C. The maximum atomic E-state index is 5.26. The first-order chi connectivity index (χ1) is 8.21. The molecule has 0 aliphatic carbocycles. The Morgan fingerprint density at radius 2 is 2.12 bits per heavy atom. The molecule has 2 rings (SSSR count). The second-order valence-corrected chi connectivity index (χ2v) is 4.05. The molecule has 0 aliphatic heterocycles. The molecule has 1 heterocycles. The van der Waals surface area contributed by atoms with E-state index in [-0.39, 0.29) is 0 Å². The van der Waals surface area contributed by atoms with Gasteiger partial charge in [-0.25, -0.2) is 0 Å². The Morgan fingerprint density at radius 3 is 2.71 bits per heavy atom. The summed E-state index contributed by atoms with van der Waals surface area (Å²) in [7, 11) is 3.63. The molecule has 17 heavy (non-hydrogen) atoms. The van der Waals surface area contributed by atoms with E-state index in [4.69, 9.17) is 4.74 Å². The van der Waals surface area contributed by atoms with Gasteiger partial charge in [0.1, 0.15) is 5.75 Å². The van der Waals surface area contributed by atoms with Gasteiger partial charge in [0.15, 0.2) is 0 Å². The number of nitrogens with one attached hydrogen (secondary N) is 1. The summed E-state index contributed by atoms with van der Waals surface area (Å²) in [6.45, 7) is 4.24. The quantitative estimate of drug-likeness (QED) is 0.879. The molecule has 0 fully saturated rings. The van der Waals surface area contributed by atoms with Crippen molar-refractivity contribution < 1.29 is 4.74 Å². The van der Waals surface area contributed by atoms with E-state index in [0.717, 1.165) is 34.5 Å². The topological polar surface area (TPSA) is 34.1 Å². The Balaban J connectivity index is 2.78. The number of anilines is 1. The smallest absolute Gasteiger partial charge is 0.119 e. The van der Waals surface area contributed by atoms with Crippen molar-refractivity contribution >= 4 is 16.6 Å². The highest BCUT2D eigenvalue weighted by Crippen LogP contribution is 2.30. The van der Waals surface area contributed by atoms with E-state index in [0.29, 0.717) is 0 Å². The third kappa shape index (κ3) is 1.93. The Morgan fingerprint density at radius 1 is 1.35 bits per heavy atom. The molecule has 0 saturated heterocycles. The first kappa shape index (κ1) is 11.7. The minimum absolute atomic E-state index is 0.861. The number of aromatic nitrogens is 1. The number of nitrogens with zero attached hydrogens (tertiary/aromatic N) is 1. The predicted molar refractivity (Wildman–Crippen MR) is 72.0 cm³/mol. The molecule has 0 atom stereocenters. The molecule has 0 spiro atoms. The number of hydrogen-bond acceptors (Lipinski definition) is 3. The van der Waals surface area contributed by atoms with Crippen LogP contribution in [0.5, 0.6) is 5.75 Å². The first-order valence-electron chi connectivity index (χ1n) is 5.86. The van der Waals surface area contributed by atoms with Crippen LogP contribution in [-0.2, 0) is 6.42 Å². The third-order valence-electron chi connectivity index (χ3n) is 3.12. The lowest BCUT2D eigenvalue weighted by Gasteiger charge is -2.13. The fourth-order valence-corrected chi connectivity index (χ4v) is 2.18. The van der Waals surface area contributed by atoms with Crippen LogP contribution in [0.4, 0.5) is 5.69 Å². The van der Waals surface area contributed by atoms with Gasteiger partial charge >= 0.3 is 0 Å². The zero-order valence-electron chi connectivity index (χ0n) is 10.8. The van der Waals surface area contributed by atoms with Crippen molar-refractivity contribution in [3.63, 3.8) is 0 Å². The number of rotatable bonds is 3. The Kier molecular flexibility index (Phi) is 3.18. The van der Waals surface area contributed by atoms with Gasteiger partial charge in [-0.2, -0.15) is 0 Å². The van der Waals surface area contributed by atoms with E-state index in [9.17, 15) is 0 Å². The van der Waals surface area contributed by atoms with Crippen molar-refractivity contribution in [3.8, 4) is 5.75 Å². The van der Waals surface area contributed by atoms with Gasteiger partial charge in [-0.05, 0) is 37.1 Å². The molecule has 0 unspecified atom stereocenters. The highest BCUT2D eigenvalue weighted by atomic mass is 16.5. The monoisotopic (exact) mass is 230 g/mol. The number of ether oxygens (including phenoxy) is 1. The fraction of sp³-hybridized carbons (Fsp3) is 0.357. The summed E-state index contributed by atoms with van der Waals surface area (Å²) < 4.78 is 5.26. The zero-order chi connectivity index (χ0) is 12.4. The van der Waals surface area contributed by atoms with E-state index in [1.807, 2.05) is 25.2 Å². The molecule has 0 radical (unpaired) electrons. The molecule has 0 amide bonds. The Labute approximate surface area is 102 Å². The van der Waals surface area contributed by atoms with Crippen LogP contribution in [0.3, 0.4) is 0 Å². The molecule has 90 valence electrons. The van der Waals surface area contributed by atoms with Crippen LogP contribution in [0.25, 0.3) is 10.9 Å². The van der Waals surface area contributed by atoms with Crippen LogP contribution in [0, 0.1) is 6.92 Å². The maximum absolute atomic E-state index is 5.26. The zero-order valence-corrected chi connectivity index (χ0v) is 10.8. The summed E-state index contributed by atoms with van der Waals surface area (Å²) >= 11 is 0. The van der Waals surface area contributed by atoms with Crippen LogP contribution in [0.2, 0.25) is 0 Å². The molecular weight excluding hydrogens is 212 g/mol. The van der Waals surface area contributed by atoms with Gasteiger partial charge in [-0.1, -0.05) is 6.92 Å². The van der Waals surface area contributed by atoms with E-state index in [1.54, 1.807) is 7.11 Å². The second-order valence-electron chi connectivity index (χ2n) is 4.05. The third-order valence-corrected chi connectivity index (χ3v) is 3.12. The Hall–Kier alpha value is -1.77. The van der Waals surface area contributed by atoms with Gasteiger partial charge in [0.2, 0.25) is 0 Å². The number of methoxy groups -OCH3 is 1. The molecule has 0 saturated carbocycles. The summed E-state index contributed by atoms with van der Waals surface area (Å²) in [5, 5.41) is 4.38. The molecular formula is C14H18N2O. The fourth-order valence-electron chi connectivity index (χ4n) is 2.18. The van der Waals surface area contributed by atoms with Crippen molar-refractivity contribution in [2.24, 2.45) is 0 Å². The van der Waals surface area contributed by atoms with Crippen LogP contribution < -0.4 is 10.1 Å². The lowest BCUT2D eigenvalue weighted by atomic mass is 10.1. The summed E-state index contributed by atoms with van der Waals surface area (Å²) in [5.74, 6) is 0.861. The van der Waals surface area contributed by atoms with E-state index in [1.165, 1.54) is 5.56 Å². The number of benzene rings is 1. The molecule has 1 aromatic heterocycles. The molecule has 3 nitrogen and oxygen atoms in total. The average molecular weight is 230 g/mol. The van der Waals surface area contributed by atoms with Crippen molar-refractivity contribution in [2.75, 3.05) is 19.5 Å². The molecule has 1 N–H and O–H groups in total. The van der Waals surface area contributed by atoms with Crippen molar-refractivity contribution in [3.05, 3.63) is 29.5 Å². The van der Waals surface area contributed by atoms with Gasteiger partial charge in [-0.15, -0.1) is 0 Å². The molecule has 1 aromatic carbocycles. The van der Waals surface area contributed by atoms with Gasteiger partial charge in [0, 0.05) is 23.8 Å². The van der Waals surface area contributed by atoms with Crippen LogP contribution in [0.15, 0.2) is 18.2 Å². The van der Waals surface area contributed by atoms with Gasteiger partial charge in [0.25, 0.3) is 0 Å². The van der Waals surface area contributed by atoms with E-state index < -0.39 is 0 Å². The molecule has 2 aromatic rings. The van der Waals surface area contributed by atoms with Gasteiger partial charge in [0.05, 0.1) is 12.6 Å². The van der Waals surface area contributed by atoms with Crippen LogP contribution in [-0.4, -0.2) is 19.1 Å². The van der Waals surface area contributed by atoms with Gasteiger partial charge < -0.3 is 10.1 Å². The first-order valence-corrected chi connectivity index (χ1v) is 5.86. The number of pyridine rings is 1. The maximum Gasteiger partial charge on any atom is 0.119 e. The Bertz CT molecular complexity index is 549. The number of fused-ring (bicyclic) bond motifs is 1. The summed E-state index contributed by atoms with van der Waals surface area (Å²) in [6.07, 6.45) is 0.947. The average Bonchev–Trinajstić information content (AvgIpc) is 2.37. The minimum atomic E-state index is 0.861. The van der Waals surface area contributed by atoms with E-state index >= 15 is 0 Å². The molecule has 0 bridgehead atoms. The van der Waals surface area contributed by atoms with Crippen LogP contribution >= 0.6 is 0 Å². The van der Waals surface area contributed by atoms with E-state index in [2.05, 4.69) is 24.1 Å². The number of aryl methyl sites for hydroxylation is 1. The summed E-state index contributed by atoms with van der Waals surface area (Å²) in [4.78, 5) is 4.68. The predicted octanol–water partition coefficient (Wildman–Crippen LogP) is 3.16. The normalized spacial score (nSPS) is 10.6. The number of hydrogen-bond donors (Lipinski definition) is 1. The minimum Gasteiger partial charge on any atom is -0.497 e. The van der Waals surface area contributed by atoms with Crippen molar-refractivity contribution in [2.45, 2.75) is 20.3 Å². The molecule has 0 aliphatic rings. The van der Waals surface area contributed by atoms with Crippen LogP contribution in [0.1, 0.15) is 18.2 Å². The van der Waals surface area contributed by atoms with Crippen molar-refractivity contribution in [1.82, 2.24) is 4.98 Å². The standard InChI is InChI=1S/C14H18N2O/c1-5-12-9(2)14(15-3)11-8-10(17-4)6-7-13(11)16-12/h6-8H,5H2,1-4H3,(H,15,16). The highest BCUT2D eigenvalue weighted by molar-refractivity contribution is 5.94. The largest absolute Gasteiger partial charge is 0.497 e. The lowest BCUT2D eigenvalue weighted by Crippen LogP contribution is -2.01. The highest BCUT2D eigenvalue weighted by Gasteiger charge is 2.10. The molecule has 3 heteroatoms. The summed E-state index contributed by atoms with van der Waals surface area (Å²) in [5.41, 5.74) is 4.52. The second kappa shape index (κ2) is 4.62. The lowest BCUT2D eigenvalue weighted by molar-refractivity contribution is 0.415. The summed E-state index contributed by atoms with van der Waals surface area (Å²) in [6, 6.07) is 5.98. The van der Waals surface area contributed by atoms with Crippen molar-refractivity contribution in [1.29, 1.82) is 0 Å². The van der Waals surface area contributed by atoms with Gasteiger partial charge in [-0.3, -0.25) is 4.98 Å².